The van der Waals surface area contributed by atoms with Gasteiger partial charge in [-0.2, -0.15) is 0 Å². The largest absolute Gasteiger partial charge is 0.459 e. The number of nitrogens with one attached hydrogen (secondary N) is 2. The van der Waals surface area contributed by atoms with Crippen molar-refractivity contribution in [1.82, 2.24) is 9.80 Å². The Morgan fingerprint density at radius 2 is 1.02 bits per heavy atom. The lowest BCUT2D eigenvalue weighted by atomic mass is 9.97. The average Bonchev–Trinajstić information content (AvgIpc) is 2.94. The summed E-state index contributed by atoms with van der Waals surface area (Å²) in [6.07, 6.45) is 0. The number of hydrogen-bond acceptors (Lipinski definition) is 10. The SMILES string of the molecule is N=C1C(C(N)=O)N(C(CO)C(=O)OCc2ccccc2)C(=N)C(C(N)=O)N1C(CO)C(=O)OCc1ccccc1. The number of carbonyl (C=O) groups excluding carboxylic acids is 4. The summed E-state index contributed by atoms with van der Waals surface area (Å²) in [6, 6.07) is 9.78. The summed E-state index contributed by atoms with van der Waals surface area (Å²) in [5.74, 6) is -6.28. The fraction of sp³-hybridized carbons (Fsp3) is 0.308. The molecule has 1 heterocycles. The molecule has 1 aliphatic rings. The molecule has 8 N–H and O–H groups in total. The van der Waals surface area contributed by atoms with Crippen LogP contribution in [0.5, 0.6) is 0 Å². The molecular formula is C26H30N6O8. The molecular weight excluding hydrogens is 524 g/mol. The number of nitrogens with two attached hydrogens (primary N) is 2. The van der Waals surface area contributed by atoms with Crippen molar-refractivity contribution in [3.8, 4) is 0 Å². The van der Waals surface area contributed by atoms with Gasteiger partial charge in [0.2, 0.25) is 11.8 Å². The summed E-state index contributed by atoms with van der Waals surface area (Å²) in [6.45, 7) is -2.38. The number of ether oxygens (including phenoxy) is 2. The van der Waals surface area contributed by atoms with Gasteiger partial charge in [-0.25, -0.2) is 9.59 Å². The molecule has 0 bridgehead atoms. The molecule has 1 aliphatic heterocycles. The minimum absolute atomic E-state index is 0.207. The molecule has 2 amide bonds. The van der Waals surface area contributed by atoms with Crippen molar-refractivity contribution in [2.24, 2.45) is 11.5 Å². The van der Waals surface area contributed by atoms with Crippen LogP contribution in [-0.2, 0) is 41.9 Å². The van der Waals surface area contributed by atoms with Gasteiger partial charge in [0.05, 0.1) is 13.2 Å². The van der Waals surface area contributed by atoms with Gasteiger partial charge in [0, 0.05) is 0 Å². The second-order valence-electron chi connectivity index (χ2n) is 8.78. The van der Waals surface area contributed by atoms with Crippen LogP contribution in [-0.4, -0.2) is 92.8 Å². The molecule has 4 unspecified atom stereocenters. The molecule has 14 heteroatoms. The predicted octanol–water partition coefficient (Wildman–Crippen LogP) is -1.53. The van der Waals surface area contributed by atoms with Crippen molar-refractivity contribution in [3.05, 3.63) is 71.8 Å². The van der Waals surface area contributed by atoms with E-state index in [-0.39, 0.29) is 13.2 Å². The molecule has 212 valence electrons. The minimum atomic E-state index is -1.92. The molecule has 0 spiro atoms. The van der Waals surface area contributed by atoms with Crippen LogP contribution in [0.2, 0.25) is 0 Å². The van der Waals surface area contributed by atoms with Crippen molar-refractivity contribution in [2.45, 2.75) is 37.4 Å². The number of piperazine rings is 1. The Bertz CT molecular complexity index is 1160. The second-order valence-corrected chi connectivity index (χ2v) is 8.78. The van der Waals surface area contributed by atoms with Gasteiger partial charge in [0.25, 0.3) is 0 Å². The van der Waals surface area contributed by atoms with Crippen LogP contribution in [0.1, 0.15) is 11.1 Å². The van der Waals surface area contributed by atoms with Gasteiger partial charge in [-0.1, -0.05) is 60.7 Å². The molecule has 40 heavy (non-hydrogen) atoms. The zero-order valence-electron chi connectivity index (χ0n) is 21.3. The van der Waals surface area contributed by atoms with E-state index in [1.807, 2.05) is 0 Å². The van der Waals surface area contributed by atoms with E-state index < -0.39 is 72.8 Å². The van der Waals surface area contributed by atoms with Gasteiger partial charge in [-0.05, 0) is 11.1 Å². The highest BCUT2D eigenvalue weighted by Gasteiger charge is 2.53. The topological polar surface area (TPSA) is 233 Å². The fourth-order valence-electron chi connectivity index (χ4n) is 4.27. The predicted molar refractivity (Wildman–Crippen MR) is 139 cm³/mol. The number of benzene rings is 2. The normalized spacial score (nSPS) is 18.6. The number of esters is 2. The van der Waals surface area contributed by atoms with Crippen LogP contribution in [0.3, 0.4) is 0 Å². The van der Waals surface area contributed by atoms with E-state index in [0.29, 0.717) is 20.9 Å². The van der Waals surface area contributed by atoms with Crippen molar-refractivity contribution in [2.75, 3.05) is 13.2 Å². The summed E-state index contributed by atoms with van der Waals surface area (Å²) in [5, 5.41) is 37.5. The van der Waals surface area contributed by atoms with Crippen molar-refractivity contribution < 1.29 is 38.9 Å². The zero-order valence-corrected chi connectivity index (χ0v) is 21.3. The Hall–Kier alpha value is -4.82. The third-order valence-corrected chi connectivity index (χ3v) is 6.18. The maximum Gasteiger partial charge on any atom is 0.331 e. The van der Waals surface area contributed by atoms with Crippen LogP contribution in [0, 0.1) is 10.8 Å². The van der Waals surface area contributed by atoms with Gasteiger partial charge >= 0.3 is 11.9 Å². The van der Waals surface area contributed by atoms with Crippen LogP contribution in [0.25, 0.3) is 0 Å². The lowest BCUT2D eigenvalue weighted by Gasteiger charge is -2.49. The summed E-state index contributed by atoms with van der Waals surface area (Å²) in [7, 11) is 0. The van der Waals surface area contributed by atoms with E-state index >= 15 is 0 Å². The molecule has 0 aliphatic carbocycles. The molecule has 2 aromatic rings. The monoisotopic (exact) mass is 554 g/mol. The van der Waals surface area contributed by atoms with Crippen LogP contribution in [0.4, 0.5) is 0 Å². The molecule has 14 nitrogen and oxygen atoms in total. The summed E-state index contributed by atoms with van der Waals surface area (Å²) < 4.78 is 10.5. The smallest absolute Gasteiger partial charge is 0.331 e. The Morgan fingerprint density at radius 1 is 0.700 bits per heavy atom. The molecule has 2 aromatic carbocycles. The number of aliphatic hydroxyl groups is 2. The number of nitrogens with zero attached hydrogens (tertiary/aromatic N) is 2. The van der Waals surface area contributed by atoms with E-state index in [4.69, 9.17) is 31.8 Å². The second kappa shape index (κ2) is 13.3. The maximum absolute atomic E-state index is 13.0. The number of primary amides is 2. The van der Waals surface area contributed by atoms with Crippen LogP contribution < -0.4 is 11.5 Å². The molecule has 4 atom stereocenters. The number of amides is 2. The summed E-state index contributed by atoms with van der Waals surface area (Å²) >= 11 is 0. The van der Waals surface area contributed by atoms with E-state index in [0.717, 1.165) is 0 Å². The summed E-state index contributed by atoms with van der Waals surface area (Å²) in [5.41, 5.74) is 12.3. The summed E-state index contributed by atoms with van der Waals surface area (Å²) in [4.78, 5) is 52.3. The third kappa shape index (κ3) is 6.42. The molecule has 0 saturated carbocycles. The molecule has 3 rings (SSSR count). The highest BCUT2D eigenvalue weighted by atomic mass is 16.5. The van der Waals surface area contributed by atoms with Crippen molar-refractivity contribution in [3.63, 3.8) is 0 Å². The first-order valence-electron chi connectivity index (χ1n) is 12.1. The van der Waals surface area contributed by atoms with Crippen molar-refractivity contribution in [1.29, 1.82) is 10.8 Å². The van der Waals surface area contributed by atoms with E-state index in [1.165, 1.54) is 0 Å². The van der Waals surface area contributed by atoms with Gasteiger partial charge in [-0.15, -0.1) is 0 Å². The highest BCUT2D eigenvalue weighted by Crippen LogP contribution is 2.25. The zero-order chi connectivity index (χ0) is 29.4. The van der Waals surface area contributed by atoms with E-state index in [2.05, 4.69) is 0 Å². The van der Waals surface area contributed by atoms with Gasteiger partial charge in [0.15, 0.2) is 24.2 Å². The van der Waals surface area contributed by atoms with Crippen LogP contribution in [0.15, 0.2) is 60.7 Å². The first kappa shape index (κ1) is 29.7. The molecule has 1 saturated heterocycles. The quantitative estimate of drug-likeness (QED) is 0.166. The van der Waals surface area contributed by atoms with Crippen LogP contribution >= 0.6 is 0 Å². The average molecular weight is 555 g/mol. The number of aliphatic hydroxyl groups excluding tert-OH is 2. The number of hydrogen-bond donors (Lipinski definition) is 6. The first-order valence-corrected chi connectivity index (χ1v) is 12.1. The van der Waals surface area contributed by atoms with Gasteiger partial charge < -0.3 is 41.0 Å². The van der Waals surface area contributed by atoms with E-state index in [1.54, 1.807) is 60.7 Å². The first-order chi connectivity index (χ1) is 19.1. The molecule has 1 fully saturated rings. The van der Waals surface area contributed by atoms with Gasteiger partial charge in [-0.3, -0.25) is 20.4 Å². The lowest BCUT2D eigenvalue weighted by Crippen LogP contribution is -2.75. The standard InChI is InChI=1S/C26H30N6O8/c27-21-20(24(30)36)32(18(12-34)26(38)40-14-16-9-5-2-6-10-16)22(28)19(23(29)35)31(21)17(11-33)25(37)39-13-15-7-3-1-4-8-15/h1-10,17-20,27-28,33-34H,11-14H2,(H2,29,35)(H2,30,36). The fourth-order valence-corrected chi connectivity index (χ4v) is 4.27. The Labute approximate surface area is 229 Å². The Kier molecular flexibility index (Phi) is 9.89. The number of amidine groups is 2. The van der Waals surface area contributed by atoms with Crippen molar-refractivity contribution >= 4 is 35.4 Å². The lowest BCUT2D eigenvalue weighted by molar-refractivity contribution is -0.155. The number of carbonyl (C=O) groups is 4. The molecule has 0 aromatic heterocycles. The molecule has 0 radical (unpaired) electrons. The Balaban J connectivity index is 1.91. The Morgan fingerprint density at radius 3 is 1.30 bits per heavy atom. The third-order valence-electron chi connectivity index (χ3n) is 6.18. The maximum atomic E-state index is 13.0. The van der Waals surface area contributed by atoms with E-state index in [9.17, 15) is 29.4 Å². The van der Waals surface area contributed by atoms with Gasteiger partial charge in [0.1, 0.15) is 24.9 Å². The minimum Gasteiger partial charge on any atom is -0.459 e. The highest BCUT2D eigenvalue weighted by molar-refractivity contribution is 6.19. The number of rotatable bonds is 12.